The van der Waals surface area contributed by atoms with Crippen molar-refractivity contribution in [1.29, 1.82) is 0 Å². The Labute approximate surface area is 203 Å². The second kappa shape index (κ2) is 9.75. The van der Waals surface area contributed by atoms with E-state index in [1.807, 2.05) is 0 Å². The highest BCUT2D eigenvalue weighted by molar-refractivity contribution is 5.98. The van der Waals surface area contributed by atoms with Crippen LogP contribution < -0.4 is 4.74 Å². The Hall–Kier alpha value is -3.70. The van der Waals surface area contributed by atoms with Gasteiger partial charge in [0.2, 0.25) is 5.88 Å². The highest BCUT2D eigenvalue weighted by Gasteiger charge is 2.47. The van der Waals surface area contributed by atoms with Crippen molar-refractivity contribution in [1.82, 2.24) is 24.8 Å². The molecule has 7 nitrogen and oxygen atoms in total. The van der Waals surface area contributed by atoms with Gasteiger partial charge in [-0.15, -0.1) is 0 Å². The summed E-state index contributed by atoms with van der Waals surface area (Å²) in [6.07, 6.45) is -1.44. The molecule has 1 fully saturated rings. The molecule has 1 unspecified atom stereocenters. The molecule has 0 spiro atoms. The van der Waals surface area contributed by atoms with Gasteiger partial charge < -0.3 is 9.64 Å². The van der Waals surface area contributed by atoms with Crippen molar-refractivity contribution in [2.45, 2.75) is 38.4 Å². The third kappa shape index (κ3) is 5.58. The van der Waals surface area contributed by atoms with Crippen LogP contribution in [0.1, 0.15) is 35.1 Å². The minimum absolute atomic E-state index is 0.0799. The van der Waals surface area contributed by atoms with Crippen molar-refractivity contribution in [3.63, 3.8) is 0 Å². The molecule has 36 heavy (non-hydrogen) atoms. The first-order valence-corrected chi connectivity index (χ1v) is 11.0. The number of likely N-dealkylation sites (tertiary alicyclic amines) is 1. The van der Waals surface area contributed by atoms with Gasteiger partial charge in [-0.2, -0.15) is 13.2 Å². The lowest BCUT2D eigenvalue weighted by Gasteiger charge is -2.43. The zero-order valence-electron chi connectivity index (χ0n) is 19.3. The molecule has 3 aromatic heterocycles. The van der Waals surface area contributed by atoms with Crippen LogP contribution in [0.3, 0.4) is 0 Å². The quantitative estimate of drug-likeness (QED) is 0.461. The van der Waals surface area contributed by atoms with Crippen LogP contribution in [0, 0.1) is 12.8 Å². The van der Waals surface area contributed by atoms with Crippen LogP contribution in [0.15, 0.2) is 48.9 Å². The lowest BCUT2D eigenvalue weighted by atomic mass is 9.88. The number of halogens is 5. The summed E-state index contributed by atoms with van der Waals surface area (Å²) in [5, 5.41) is 0. The maximum atomic E-state index is 14.6. The molecule has 1 aliphatic heterocycles. The molecule has 12 heteroatoms. The average Bonchev–Trinajstić information content (AvgIpc) is 2.82. The van der Waals surface area contributed by atoms with E-state index < -0.39 is 48.5 Å². The van der Waals surface area contributed by atoms with E-state index in [2.05, 4.69) is 19.9 Å². The molecule has 0 aliphatic carbocycles. The maximum Gasteiger partial charge on any atom is 0.417 e. The first kappa shape index (κ1) is 25.4. The standard InChI is InChI=1S/C24H22F5N5O2/c1-14-10-23(25,26)13-34(18(14)12-36-19-7-5-16(11-32-19)24(27,28)29)22(35)20-17(6-4-15(2)33-20)21-30-8-3-9-31-21/h3-9,11,14,18H,10,12-13H2,1-2H3/t14-,18?/m1/s1. The summed E-state index contributed by atoms with van der Waals surface area (Å²) in [6.45, 7) is 2.11. The Kier molecular flexibility index (Phi) is 6.87. The molecule has 1 aliphatic rings. The molecule has 0 radical (unpaired) electrons. The van der Waals surface area contributed by atoms with Crippen molar-refractivity contribution in [3.05, 3.63) is 65.9 Å². The third-order valence-electron chi connectivity index (χ3n) is 5.85. The summed E-state index contributed by atoms with van der Waals surface area (Å²) in [7, 11) is 0. The number of ether oxygens (including phenoxy) is 1. The van der Waals surface area contributed by atoms with Crippen molar-refractivity contribution in [2.24, 2.45) is 5.92 Å². The molecule has 2 atom stereocenters. The van der Waals surface area contributed by atoms with Crippen LogP contribution in [0.5, 0.6) is 5.88 Å². The van der Waals surface area contributed by atoms with E-state index in [0.29, 0.717) is 11.9 Å². The molecule has 0 bridgehead atoms. The number of carbonyl (C=O) groups is 1. The first-order chi connectivity index (χ1) is 16.9. The first-order valence-electron chi connectivity index (χ1n) is 11.0. The molecule has 0 N–H and O–H groups in total. The van der Waals surface area contributed by atoms with E-state index in [1.54, 1.807) is 32.0 Å². The van der Waals surface area contributed by atoms with Gasteiger partial charge >= 0.3 is 6.18 Å². The summed E-state index contributed by atoms with van der Waals surface area (Å²) < 4.78 is 73.1. The zero-order chi connectivity index (χ0) is 26.1. The van der Waals surface area contributed by atoms with Gasteiger partial charge in [0.05, 0.1) is 23.7 Å². The molecule has 4 heterocycles. The second-order valence-electron chi connectivity index (χ2n) is 8.65. The third-order valence-corrected chi connectivity index (χ3v) is 5.85. The molecule has 3 aromatic rings. The number of pyridine rings is 2. The van der Waals surface area contributed by atoms with E-state index >= 15 is 0 Å². The van der Waals surface area contributed by atoms with Gasteiger partial charge in [0.25, 0.3) is 11.8 Å². The minimum Gasteiger partial charge on any atom is -0.475 e. The van der Waals surface area contributed by atoms with Crippen molar-refractivity contribution in [3.8, 4) is 17.3 Å². The number of alkyl halides is 5. The van der Waals surface area contributed by atoms with Crippen LogP contribution in [0.2, 0.25) is 0 Å². The zero-order valence-corrected chi connectivity index (χ0v) is 19.3. The van der Waals surface area contributed by atoms with E-state index in [-0.39, 0.29) is 29.6 Å². The summed E-state index contributed by atoms with van der Waals surface area (Å²) in [5.74, 6) is -4.49. The smallest absolute Gasteiger partial charge is 0.417 e. The number of aryl methyl sites for hydroxylation is 1. The van der Waals surface area contributed by atoms with Crippen molar-refractivity contribution >= 4 is 5.91 Å². The van der Waals surface area contributed by atoms with Crippen molar-refractivity contribution in [2.75, 3.05) is 13.2 Å². The van der Waals surface area contributed by atoms with Gasteiger partial charge in [0.15, 0.2) is 5.82 Å². The van der Waals surface area contributed by atoms with Gasteiger partial charge in [-0.05, 0) is 37.1 Å². The fourth-order valence-corrected chi connectivity index (χ4v) is 4.10. The molecule has 4 rings (SSSR count). The number of aromatic nitrogens is 4. The van der Waals surface area contributed by atoms with Gasteiger partial charge in [-0.25, -0.2) is 28.7 Å². The fraction of sp³-hybridized carbons (Fsp3) is 0.375. The monoisotopic (exact) mass is 507 g/mol. The molecule has 190 valence electrons. The predicted octanol–water partition coefficient (Wildman–Crippen LogP) is 4.83. The Morgan fingerprint density at radius 2 is 1.86 bits per heavy atom. The van der Waals surface area contributed by atoms with Crippen molar-refractivity contribution < 1.29 is 31.5 Å². The summed E-state index contributed by atoms with van der Waals surface area (Å²) in [6, 6.07) is 5.91. The van der Waals surface area contributed by atoms with E-state index in [1.165, 1.54) is 12.4 Å². The predicted molar refractivity (Wildman–Crippen MR) is 118 cm³/mol. The minimum atomic E-state index is -4.56. The van der Waals surface area contributed by atoms with E-state index in [0.717, 1.165) is 17.0 Å². The largest absolute Gasteiger partial charge is 0.475 e. The Morgan fingerprint density at radius 1 is 1.14 bits per heavy atom. The van der Waals surface area contributed by atoms with Gasteiger partial charge in [-0.3, -0.25) is 4.79 Å². The normalized spacial score (nSPS) is 19.7. The number of nitrogens with zero attached hydrogens (tertiary/aromatic N) is 5. The van der Waals surface area contributed by atoms with E-state index in [4.69, 9.17) is 4.74 Å². The Balaban J connectivity index is 1.63. The van der Waals surface area contributed by atoms with Gasteiger partial charge in [0.1, 0.15) is 12.3 Å². The Bertz CT molecular complexity index is 1220. The summed E-state index contributed by atoms with van der Waals surface area (Å²) in [5.41, 5.74) is -0.240. The molecule has 1 saturated heterocycles. The molecular formula is C24H22F5N5O2. The maximum absolute atomic E-state index is 14.6. The van der Waals surface area contributed by atoms with Gasteiger partial charge in [0, 0.05) is 36.8 Å². The topological polar surface area (TPSA) is 81.1 Å². The lowest BCUT2D eigenvalue weighted by molar-refractivity contribution is -0.137. The molecular weight excluding hydrogens is 485 g/mol. The van der Waals surface area contributed by atoms with Crippen LogP contribution in [0.4, 0.5) is 22.0 Å². The van der Waals surface area contributed by atoms with Crippen LogP contribution >= 0.6 is 0 Å². The van der Waals surface area contributed by atoms with Gasteiger partial charge in [-0.1, -0.05) is 6.92 Å². The number of piperidine rings is 1. The highest BCUT2D eigenvalue weighted by atomic mass is 19.4. The SMILES string of the molecule is Cc1ccc(-c2ncccn2)c(C(=O)N2CC(F)(F)C[C@@H](C)C2COc2ccc(C(F)(F)F)cn2)n1. The fourth-order valence-electron chi connectivity index (χ4n) is 4.10. The summed E-state index contributed by atoms with van der Waals surface area (Å²) in [4.78, 5) is 30.9. The average molecular weight is 507 g/mol. The number of hydrogen-bond donors (Lipinski definition) is 0. The van der Waals surface area contributed by atoms with Crippen LogP contribution in [0.25, 0.3) is 11.4 Å². The highest BCUT2D eigenvalue weighted by Crippen LogP contribution is 2.36. The number of amides is 1. The number of hydrogen-bond acceptors (Lipinski definition) is 6. The summed E-state index contributed by atoms with van der Waals surface area (Å²) >= 11 is 0. The number of rotatable bonds is 5. The van der Waals surface area contributed by atoms with E-state index in [9.17, 15) is 26.7 Å². The molecule has 1 amide bonds. The second-order valence-corrected chi connectivity index (χ2v) is 8.65. The lowest BCUT2D eigenvalue weighted by Crippen LogP contribution is -2.57. The molecule has 0 aromatic carbocycles. The van der Waals surface area contributed by atoms with Crippen LogP contribution in [-0.2, 0) is 6.18 Å². The Morgan fingerprint density at radius 3 is 2.50 bits per heavy atom. The molecule has 0 saturated carbocycles. The van der Waals surface area contributed by atoms with Crippen LogP contribution in [-0.4, -0.2) is 55.9 Å². The number of carbonyl (C=O) groups excluding carboxylic acids is 1.